The van der Waals surface area contributed by atoms with Gasteiger partial charge in [0.2, 0.25) is 0 Å². The molecule has 0 saturated heterocycles. The number of aliphatic hydroxyl groups is 1. The second kappa shape index (κ2) is 6.74. The summed E-state index contributed by atoms with van der Waals surface area (Å²) in [5, 5.41) is 8.79. The van der Waals surface area contributed by atoms with E-state index in [2.05, 4.69) is 11.8 Å². The fourth-order valence-electron chi connectivity index (χ4n) is 1.41. The van der Waals surface area contributed by atoms with Crippen LogP contribution in [0.4, 0.5) is 4.39 Å². The number of amides is 1. The molecule has 0 aromatic heterocycles. The minimum Gasteiger partial charge on any atom is -0.395 e. The van der Waals surface area contributed by atoms with Crippen LogP contribution in [0.2, 0.25) is 0 Å². The SMILES string of the molecule is CN(CCO)C(=O)c1cc(F)ccc1C#CCN. The van der Waals surface area contributed by atoms with Crippen LogP contribution in [0.5, 0.6) is 0 Å². The van der Waals surface area contributed by atoms with Crippen LogP contribution < -0.4 is 5.73 Å². The summed E-state index contributed by atoms with van der Waals surface area (Å²) < 4.78 is 13.2. The number of hydrogen-bond donors (Lipinski definition) is 2. The molecule has 0 heterocycles. The molecule has 96 valence electrons. The standard InChI is InChI=1S/C13H15FN2O2/c1-16(7-8-17)13(18)12-9-11(14)5-4-10(12)3-2-6-15/h4-5,9,17H,6-8,15H2,1H3. The first kappa shape index (κ1) is 14.2. The molecular weight excluding hydrogens is 235 g/mol. The van der Waals surface area contributed by atoms with Crippen LogP contribution in [-0.4, -0.2) is 42.7 Å². The minimum atomic E-state index is -0.506. The zero-order chi connectivity index (χ0) is 13.5. The highest BCUT2D eigenvalue weighted by atomic mass is 19.1. The van der Waals surface area contributed by atoms with Crippen molar-refractivity contribution in [2.45, 2.75) is 0 Å². The van der Waals surface area contributed by atoms with Gasteiger partial charge in [-0.1, -0.05) is 11.8 Å². The zero-order valence-electron chi connectivity index (χ0n) is 10.1. The Morgan fingerprint density at radius 3 is 2.89 bits per heavy atom. The van der Waals surface area contributed by atoms with Crippen LogP contribution in [-0.2, 0) is 0 Å². The summed E-state index contributed by atoms with van der Waals surface area (Å²) in [6.07, 6.45) is 0. The Kier molecular flexibility index (Phi) is 5.31. The summed E-state index contributed by atoms with van der Waals surface area (Å²) in [5.74, 6) is 4.46. The number of likely N-dealkylation sites (N-methyl/N-ethyl adjacent to an activating group) is 1. The van der Waals surface area contributed by atoms with Crippen LogP contribution in [0, 0.1) is 17.7 Å². The molecule has 4 nitrogen and oxygen atoms in total. The van der Waals surface area contributed by atoms with Crippen LogP contribution in [0.25, 0.3) is 0 Å². The Labute approximate surface area is 105 Å². The third-order valence-electron chi connectivity index (χ3n) is 2.32. The smallest absolute Gasteiger partial charge is 0.255 e. The highest BCUT2D eigenvalue weighted by Gasteiger charge is 2.15. The second-order valence-corrected chi connectivity index (χ2v) is 3.65. The first-order valence-electron chi connectivity index (χ1n) is 5.45. The molecule has 1 aromatic rings. The number of aliphatic hydroxyl groups excluding tert-OH is 1. The molecule has 0 fully saturated rings. The van der Waals surface area contributed by atoms with Gasteiger partial charge < -0.3 is 15.7 Å². The van der Waals surface area contributed by atoms with E-state index in [0.29, 0.717) is 5.56 Å². The molecule has 0 aliphatic rings. The average molecular weight is 250 g/mol. The van der Waals surface area contributed by atoms with Crippen molar-refractivity contribution in [2.75, 3.05) is 26.7 Å². The maximum absolute atomic E-state index is 13.2. The Bertz CT molecular complexity index is 491. The third-order valence-corrected chi connectivity index (χ3v) is 2.32. The number of carbonyl (C=O) groups excluding carboxylic acids is 1. The van der Waals surface area contributed by atoms with Crippen molar-refractivity contribution in [3.05, 3.63) is 35.1 Å². The van der Waals surface area contributed by atoms with Crippen LogP contribution in [0.1, 0.15) is 15.9 Å². The number of hydrogen-bond acceptors (Lipinski definition) is 3. The van der Waals surface area contributed by atoms with E-state index in [1.165, 1.54) is 24.1 Å². The molecule has 5 heteroatoms. The molecule has 0 spiro atoms. The third kappa shape index (κ3) is 3.55. The molecule has 3 N–H and O–H groups in total. The summed E-state index contributed by atoms with van der Waals surface area (Å²) in [6, 6.07) is 3.82. The van der Waals surface area contributed by atoms with Crippen molar-refractivity contribution >= 4 is 5.91 Å². The predicted octanol–water partition coefficient (Wildman–Crippen LogP) is 0.200. The average Bonchev–Trinajstić information content (AvgIpc) is 2.36. The molecule has 18 heavy (non-hydrogen) atoms. The first-order valence-corrected chi connectivity index (χ1v) is 5.45. The number of carbonyl (C=O) groups is 1. The lowest BCUT2D eigenvalue weighted by Crippen LogP contribution is -2.30. The Morgan fingerprint density at radius 2 is 2.28 bits per heavy atom. The van der Waals surface area contributed by atoms with Gasteiger partial charge in [0.15, 0.2) is 0 Å². The Balaban J connectivity index is 3.12. The molecule has 0 aliphatic heterocycles. The number of nitrogens with two attached hydrogens (primary N) is 1. The molecular formula is C13H15FN2O2. The number of halogens is 1. The lowest BCUT2D eigenvalue weighted by Gasteiger charge is -2.16. The van der Waals surface area contributed by atoms with E-state index in [4.69, 9.17) is 10.8 Å². The summed E-state index contributed by atoms with van der Waals surface area (Å²) in [7, 11) is 1.53. The maximum Gasteiger partial charge on any atom is 0.255 e. The van der Waals surface area contributed by atoms with Crippen LogP contribution in [0.3, 0.4) is 0 Å². The van der Waals surface area contributed by atoms with E-state index < -0.39 is 5.82 Å². The summed E-state index contributed by atoms with van der Waals surface area (Å²) in [5.41, 5.74) is 5.86. The topological polar surface area (TPSA) is 66.6 Å². The summed E-state index contributed by atoms with van der Waals surface area (Å²) >= 11 is 0. The minimum absolute atomic E-state index is 0.151. The van der Waals surface area contributed by atoms with Crippen molar-refractivity contribution in [1.29, 1.82) is 0 Å². The summed E-state index contributed by atoms with van der Waals surface area (Å²) in [4.78, 5) is 13.3. The van der Waals surface area contributed by atoms with E-state index in [-0.39, 0.29) is 31.2 Å². The fraction of sp³-hybridized carbons (Fsp3) is 0.308. The molecule has 1 amide bonds. The van der Waals surface area contributed by atoms with Crippen molar-refractivity contribution in [3.63, 3.8) is 0 Å². The van der Waals surface area contributed by atoms with E-state index in [9.17, 15) is 9.18 Å². The largest absolute Gasteiger partial charge is 0.395 e. The number of benzene rings is 1. The van der Waals surface area contributed by atoms with Gasteiger partial charge in [-0.3, -0.25) is 4.79 Å². The first-order chi connectivity index (χ1) is 8.60. The quantitative estimate of drug-likeness (QED) is 0.753. The molecule has 1 rings (SSSR count). The van der Waals surface area contributed by atoms with Gasteiger partial charge in [0.25, 0.3) is 5.91 Å². The van der Waals surface area contributed by atoms with Gasteiger partial charge in [0.05, 0.1) is 18.7 Å². The maximum atomic E-state index is 13.2. The normalized spacial score (nSPS) is 9.56. The molecule has 0 unspecified atom stereocenters. The van der Waals surface area contributed by atoms with Crippen molar-refractivity contribution < 1.29 is 14.3 Å². The lowest BCUT2D eigenvalue weighted by atomic mass is 10.1. The molecule has 0 saturated carbocycles. The van der Waals surface area contributed by atoms with Gasteiger partial charge in [-0.15, -0.1) is 0 Å². The molecule has 0 aliphatic carbocycles. The van der Waals surface area contributed by atoms with Crippen molar-refractivity contribution in [3.8, 4) is 11.8 Å². The molecule has 0 radical (unpaired) electrons. The van der Waals surface area contributed by atoms with Gasteiger partial charge in [-0.25, -0.2) is 4.39 Å². The molecule has 0 atom stereocenters. The Hall–Kier alpha value is -1.90. The fourth-order valence-corrected chi connectivity index (χ4v) is 1.41. The zero-order valence-corrected chi connectivity index (χ0v) is 10.1. The number of nitrogens with zero attached hydrogens (tertiary/aromatic N) is 1. The van der Waals surface area contributed by atoms with E-state index in [1.807, 2.05) is 0 Å². The summed E-state index contributed by atoms with van der Waals surface area (Å²) in [6.45, 7) is 0.192. The molecule has 0 bridgehead atoms. The van der Waals surface area contributed by atoms with E-state index in [0.717, 1.165) is 6.07 Å². The lowest BCUT2D eigenvalue weighted by molar-refractivity contribution is 0.0766. The van der Waals surface area contributed by atoms with Crippen molar-refractivity contribution in [2.24, 2.45) is 5.73 Å². The van der Waals surface area contributed by atoms with Gasteiger partial charge in [-0.05, 0) is 18.2 Å². The second-order valence-electron chi connectivity index (χ2n) is 3.65. The van der Waals surface area contributed by atoms with Gasteiger partial charge in [0.1, 0.15) is 5.82 Å². The van der Waals surface area contributed by atoms with Crippen LogP contribution >= 0.6 is 0 Å². The van der Waals surface area contributed by atoms with Gasteiger partial charge in [-0.2, -0.15) is 0 Å². The van der Waals surface area contributed by atoms with E-state index in [1.54, 1.807) is 0 Å². The van der Waals surface area contributed by atoms with E-state index >= 15 is 0 Å². The van der Waals surface area contributed by atoms with Gasteiger partial charge in [0, 0.05) is 19.2 Å². The Morgan fingerprint density at radius 1 is 1.56 bits per heavy atom. The predicted molar refractivity (Wildman–Crippen MR) is 66.4 cm³/mol. The van der Waals surface area contributed by atoms with Crippen LogP contribution in [0.15, 0.2) is 18.2 Å². The highest BCUT2D eigenvalue weighted by molar-refractivity contribution is 5.96. The van der Waals surface area contributed by atoms with Crippen molar-refractivity contribution in [1.82, 2.24) is 4.90 Å². The van der Waals surface area contributed by atoms with Gasteiger partial charge >= 0.3 is 0 Å². The molecule has 1 aromatic carbocycles. The highest BCUT2D eigenvalue weighted by Crippen LogP contribution is 2.12. The monoisotopic (exact) mass is 250 g/mol. The number of rotatable bonds is 3.